The zero-order valence-corrected chi connectivity index (χ0v) is 6.31. The van der Waals surface area contributed by atoms with Gasteiger partial charge in [-0.25, -0.2) is 8.78 Å². The quantitative estimate of drug-likeness (QED) is 0.483. The summed E-state index contributed by atoms with van der Waals surface area (Å²) in [6.45, 7) is 1.38. The zero-order chi connectivity index (χ0) is 8.69. The van der Waals surface area contributed by atoms with Crippen LogP contribution < -0.4 is 5.32 Å². The average Bonchev–Trinajstić information content (AvgIpc) is 1.85. The highest BCUT2D eigenvalue weighted by Gasteiger charge is 1.97. The second-order valence-corrected chi connectivity index (χ2v) is 2.06. The van der Waals surface area contributed by atoms with Crippen LogP contribution in [0.25, 0.3) is 0 Å². The predicted octanol–water partition coefficient (Wildman–Crippen LogP) is 0.986. The second-order valence-electron chi connectivity index (χ2n) is 2.06. The maximum Gasteiger partial charge on any atom is 0.250 e. The molecule has 0 heterocycles. The van der Waals surface area contributed by atoms with E-state index in [0.29, 0.717) is 6.54 Å². The lowest BCUT2D eigenvalue weighted by molar-refractivity contribution is -0.112. The molecule has 0 aliphatic heterocycles. The molecule has 0 saturated carbocycles. The molecular weight excluding hydrogens is 152 g/mol. The van der Waals surface area contributed by atoms with Gasteiger partial charge in [0, 0.05) is 6.54 Å². The molecule has 2 nitrogen and oxygen atoms in total. The fraction of sp³-hybridized carbons (Fsp3) is 0.571. The molecule has 11 heavy (non-hydrogen) atoms. The summed E-state index contributed by atoms with van der Waals surface area (Å²) < 4.78 is 22.9. The second kappa shape index (κ2) is 5.97. The Bertz CT molecular complexity index is 145. The molecule has 4 heteroatoms. The number of allylic oxidation sites excluding steroid dienone is 1. The molecule has 0 aromatic carbocycles. The molecule has 1 N–H and O–H groups in total. The Morgan fingerprint density at radius 3 is 2.73 bits per heavy atom. The van der Waals surface area contributed by atoms with Crippen LogP contribution >= 0.6 is 0 Å². The standard InChI is InChI=1S/C7H11F2NO/c1-6(11)3-2-4-10-5-7(8)9/h2-3,7,10H,4-5H2,1H3/b3-2+. The van der Waals surface area contributed by atoms with Gasteiger partial charge in [-0.1, -0.05) is 6.08 Å². The lowest BCUT2D eigenvalue weighted by atomic mass is 10.4. The van der Waals surface area contributed by atoms with E-state index in [1.54, 1.807) is 0 Å². The van der Waals surface area contributed by atoms with Gasteiger partial charge in [0.25, 0.3) is 6.43 Å². The predicted molar refractivity (Wildman–Crippen MR) is 38.7 cm³/mol. The minimum absolute atomic E-state index is 0.0798. The van der Waals surface area contributed by atoms with E-state index in [4.69, 9.17) is 0 Å². The fourth-order valence-electron chi connectivity index (χ4n) is 0.501. The smallest absolute Gasteiger partial charge is 0.250 e. The van der Waals surface area contributed by atoms with Crippen LogP contribution in [-0.4, -0.2) is 25.3 Å². The summed E-state index contributed by atoms with van der Waals surface area (Å²) in [5.41, 5.74) is 0. The summed E-state index contributed by atoms with van der Waals surface area (Å²) in [6, 6.07) is 0. The van der Waals surface area contributed by atoms with Crippen molar-refractivity contribution < 1.29 is 13.6 Å². The molecular formula is C7H11F2NO. The van der Waals surface area contributed by atoms with E-state index in [1.165, 1.54) is 19.1 Å². The number of alkyl halides is 2. The third-order valence-electron chi connectivity index (χ3n) is 0.913. The average molecular weight is 163 g/mol. The van der Waals surface area contributed by atoms with Gasteiger partial charge in [-0.15, -0.1) is 0 Å². The summed E-state index contributed by atoms with van der Waals surface area (Å²) in [4.78, 5) is 10.3. The highest BCUT2D eigenvalue weighted by atomic mass is 19.3. The van der Waals surface area contributed by atoms with Gasteiger partial charge < -0.3 is 5.32 Å². The van der Waals surface area contributed by atoms with Crippen LogP contribution in [-0.2, 0) is 4.79 Å². The Labute approximate surface area is 64.3 Å². The molecule has 0 bridgehead atoms. The summed E-state index contributed by atoms with van der Waals surface area (Å²) in [7, 11) is 0. The number of ketones is 1. The molecule has 0 spiro atoms. The number of hydrogen-bond acceptors (Lipinski definition) is 2. The molecule has 0 radical (unpaired) electrons. The van der Waals surface area contributed by atoms with Crippen molar-refractivity contribution in [2.24, 2.45) is 0 Å². The lowest BCUT2D eigenvalue weighted by Gasteiger charge is -1.97. The molecule has 0 unspecified atom stereocenters. The van der Waals surface area contributed by atoms with Crippen molar-refractivity contribution in [1.29, 1.82) is 0 Å². The SMILES string of the molecule is CC(=O)/C=C/CNCC(F)F. The molecule has 0 aromatic heterocycles. The molecule has 0 saturated heterocycles. The first-order chi connectivity index (χ1) is 5.13. The fourth-order valence-corrected chi connectivity index (χ4v) is 0.501. The van der Waals surface area contributed by atoms with E-state index < -0.39 is 6.43 Å². The van der Waals surface area contributed by atoms with Crippen molar-refractivity contribution in [2.75, 3.05) is 13.1 Å². The van der Waals surface area contributed by atoms with Crippen molar-refractivity contribution in [3.05, 3.63) is 12.2 Å². The molecule has 0 fully saturated rings. The third kappa shape index (κ3) is 9.23. The largest absolute Gasteiger partial charge is 0.308 e. The number of rotatable bonds is 5. The van der Waals surface area contributed by atoms with Gasteiger partial charge in [-0.05, 0) is 13.0 Å². The Morgan fingerprint density at radius 1 is 1.64 bits per heavy atom. The molecule has 0 aromatic rings. The van der Waals surface area contributed by atoms with Crippen LogP contribution in [0.3, 0.4) is 0 Å². The summed E-state index contributed by atoms with van der Waals surface area (Å²) >= 11 is 0. The van der Waals surface area contributed by atoms with Crippen molar-refractivity contribution in [3.8, 4) is 0 Å². The number of carbonyl (C=O) groups excluding carboxylic acids is 1. The first kappa shape index (κ1) is 10.2. The Balaban J connectivity index is 3.21. The maximum absolute atomic E-state index is 11.5. The first-order valence-electron chi connectivity index (χ1n) is 3.29. The highest BCUT2D eigenvalue weighted by molar-refractivity contribution is 5.87. The number of hydrogen-bond donors (Lipinski definition) is 1. The van der Waals surface area contributed by atoms with E-state index in [-0.39, 0.29) is 12.3 Å². The minimum atomic E-state index is -2.33. The first-order valence-corrected chi connectivity index (χ1v) is 3.29. The van der Waals surface area contributed by atoms with Crippen molar-refractivity contribution in [1.82, 2.24) is 5.32 Å². The molecule has 0 amide bonds. The molecule has 0 atom stereocenters. The van der Waals surface area contributed by atoms with Gasteiger partial charge in [0.1, 0.15) is 0 Å². The van der Waals surface area contributed by atoms with Crippen molar-refractivity contribution in [2.45, 2.75) is 13.3 Å². The Kier molecular flexibility index (Phi) is 5.56. The van der Waals surface area contributed by atoms with Crippen LogP contribution in [0.4, 0.5) is 8.78 Å². The van der Waals surface area contributed by atoms with Crippen molar-refractivity contribution in [3.63, 3.8) is 0 Å². The topological polar surface area (TPSA) is 29.1 Å². The molecule has 0 aliphatic rings. The van der Waals surface area contributed by atoms with Crippen LogP contribution in [0.5, 0.6) is 0 Å². The summed E-state index contributed by atoms with van der Waals surface area (Å²) in [5, 5.41) is 2.45. The summed E-state index contributed by atoms with van der Waals surface area (Å²) in [6.07, 6.45) is 0.532. The highest BCUT2D eigenvalue weighted by Crippen LogP contribution is 1.86. The van der Waals surface area contributed by atoms with Gasteiger partial charge in [-0.3, -0.25) is 4.79 Å². The zero-order valence-electron chi connectivity index (χ0n) is 6.31. The van der Waals surface area contributed by atoms with Gasteiger partial charge in [0.15, 0.2) is 5.78 Å². The number of nitrogens with one attached hydrogen (secondary N) is 1. The van der Waals surface area contributed by atoms with Gasteiger partial charge in [0.2, 0.25) is 0 Å². The van der Waals surface area contributed by atoms with E-state index in [1.807, 2.05) is 0 Å². The Hall–Kier alpha value is -0.770. The number of carbonyl (C=O) groups is 1. The van der Waals surface area contributed by atoms with Gasteiger partial charge in [0.05, 0.1) is 6.54 Å². The Morgan fingerprint density at radius 2 is 2.27 bits per heavy atom. The van der Waals surface area contributed by atoms with Crippen molar-refractivity contribution >= 4 is 5.78 Å². The minimum Gasteiger partial charge on any atom is -0.308 e. The van der Waals surface area contributed by atoms with Crippen LogP contribution in [0.15, 0.2) is 12.2 Å². The summed E-state index contributed by atoms with van der Waals surface area (Å²) in [5.74, 6) is -0.0798. The van der Waals surface area contributed by atoms with Crippen LogP contribution in [0, 0.1) is 0 Å². The van der Waals surface area contributed by atoms with E-state index in [2.05, 4.69) is 5.32 Å². The van der Waals surface area contributed by atoms with E-state index >= 15 is 0 Å². The van der Waals surface area contributed by atoms with E-state index in [9.17, 15) is 13.6 Å². The maximum atomic E-state index is 11.5. The molecule has 64 valence electrons. The lowest BCUT2D eigenvalue weighted by Crippen LogP contribution is -2.21. The molecule has 0 rings (SSSR count). The van der Waals surface area contributed by atoms with Gasteiger partial charge >= 0.3 is 0 Å². The van der Waals surface area contributed by atoms with E-state index in [0.717, 1.165) is 0 Å². The van der Waals surface area contributed by atoms with Crippen LogP contribution in [0.2, 0.25) is 0 Å². The third-order valence-corrected chi connectivity index (χ3v) is 0.913. The number of halogens is 2. The van der Waals surface area contributed by atoms with Gasteiger partial charge in [-0.2, -0.15) is 0 Å². The monoisotopic (exact) mass is 163 g/mol. The van der Waals surface area contributed by atoms with Crippen LogP contribution in [0.1, 0.15) is 6.92 Å². The molecule has 0 aliphatic carbocycles. The normalized spacial score (nSPS) is 11.3.